The van der Waals surface area contributed by atoms with Gasteiger partial charge in [-0.1, -0.05) is 6.07 Å². The second-order valence-corrected chi connectivity index (χ2v) is 9.03. The van der Waals surface area contributed by atoms with Gasteiger partial charge >= 0.3 is 0 Å². The van der Waals surface area contributed by atoms with Crippen LogP contribution >= 0.6 is 11.8 Å². The van der Waals surface area contributed by atoms with Crippen molar-refractivity contribution in [1.82, 2.24) is 19.4 Å². The Bertz CT molecular complexity index is 1440. The Hall–Kier alpha value is -3.74. The third kappa shape index (κ3) is 3.91. The standard InChI is InChI=1S/C25H21FN6OS/c1-34-23-14-32(22-9-16(3-4-19(22)23)24(33)31-7-6-18(28)13-31)25-29-11-17(12-30-25)20-8-15(10-27)2-5-21(20)26/h2-5,8-9,11-12,14,18H,6-7,13,28H2,1H3. The van der Waals surface area contributed by atoms with Gasteiger partial charge < -0.3 is 10.6 Å². The SMILES string of the molecule is CSc1cn(-c2ncc(-c3cc(C#N)ccc3F)cn2)c2cc(C(=O)N3CCC(N)C3)ccc12. The molecule has 4 aromatic rings. The van der Waals surface area contributed by atoms with E-state index in [0.717, 1.165) is 22.2 Å². The van der Waals surface area contributed by atoms with Crippen molar-refractivity contribution in [3.05, 3.63) is 71.9 Å². The van der Waals surface area contributed by atoms with Gasteiger partial charge in [0, 0.05) is 64.7 Å². The zero-order chi connectivity index (χ0) is 23.8. The van der Waals surface area contributed by atoms with Gasteiger partial charge in [0.1, 0.15) is 5.82 Å². The van der Waals surface area contributed by atoms with Gasteiger partial charge in [0.25, 0.3) is 5.91 Å². The van der Waals surface area contributed by atoms with Crippen LogP contribution in [0.4, 0.5) is 4.39 Å². The number of carbonyl (C=O) groups excluding carboxylic acids is 1. The normalized spacial score (nSPS) is 15.6. The number of thioether (sulfide) groups is 1. The Kier molecular flexibility index (Phi) is 5.77. The molecular weight excluding hydrogens is 451 g/mol. The molecule has 1 atom stereocenters. The lowest BCUT2D eigenvalue weighted by molar-refractivity contribution is 0.0791. The monoisotopic (exact) mass is 472 g/mol. The second-order valence-electron chi connectivity index (χ2n) is 8.18. The molecule has 0 spiro atoms. The molecular formula is C25H21FN6OS. The molecule has 0 aliphatic carbocycles. The fourth-order valence-electron chi connectivity index (χ4n) is 4.21. The molecule has 2 aromatic heterocycles. The molecule has 0 saturated carbocycles. The predicted molar refractivity (Wildman–Crippen MR) is 129 cm³/mol. The topological polar surface area (TPSA) is 101 Å². The molecule has 34 heavy (non-hydrogen) atoms. The van der Waals surface area contributed by atoms with Crippen molar-refractivity contribution in [2.24, 2.45) is 5.73 Å². The van der Waals surface area contributed by atoms with Gasteiger partial charge in [0.2, 0.25) is 5.95 Å². The largest absolute Gasteiger partial charge is 0.337 e. The van der Waals surface area contributed by atoms with Crippen LogP contribution in [0.15, 0.2) is 59.9 Å². The highest BCUT2D eigenvalue weighted by atomic mass is 32.2. The summed E-state index contributed by atoms with van der Waals surface area (Å²) >= 11 is 1.59. The Morgan fingerprint density at radius 2 is 2.03 bits per heavy atom. The average molecular weight is 473 g/mol. The molecule has 1 saturated heterocycles. The summed E-state index contributed by atoms with van der Waals surface area (Å²) in [6.07, 6.45) is 7.79. The Morgan fingerprint density at radius 3 is 2.71 bits per heavy atom. The van der Waals surface area contributed by atoms with Crippen molar-refractivity contribution in [1.29, 1.82) is 5.26 Å². The van der Waals surface area contributed by atoms with Gasteiger partial charge in [-0.3, -0.25) is 9.36 Å². The number of rotatable bonds is 4. The van der Waals surface area contributed by atoms with Crippen molar-refractivity contribution in [3.63, 3.8) is 0 Å². The zero-order valence-electron chi connectivity index (χ0n) is 18.4. The maximum atomic E-state index is 14.3. The van der Waals surface area contributed by atoms with Gasteiger partial charge in [0.05, 0.1) is 17.1 Å². The first-order valence-corrected chi connectivity index (χ1v) is 12.0. The van der Waals surface area contributed by atoms with E-state index in [4.69, 9.17) is 11.0 Å². The first kappa shape index (κ1) is 22.1. The summed E-state index contributed by atoms with van der Waals surface area (Å²) in [4.78, 5) is 24.7. The quantitative estimate of drug-likeness (QED) is 0.451. The summed E-state index contributed by atoms with van der Waals surface area (Å²) in [6, 6.07) is 11.8. The minimum absolute atomic E-state index is 0.0187. The van der Waals surface area contributed by atoms with Gasteiger partial charge in [-0.15, -0.1) is 11.8 Å². The van der Waals surface area contributed by atoms with Crippen LogP contribution in [0.3, 0.4) is 0 Å². The van der Waals surface area contributed by atoms with Crippen LogP contribution in [0.25, 0.3) is 28.0 Å². The van der Waals surface area contributed by atoms with Crippen molar-refractivity contribution >= 4 is 28.6 Å². The number of nitrogens with zero attached hydrogens (tertiary/aromatic N) is 5. The number of amides is 1. The maximum absolute atomic E-state index is 14.3. The average Bonchev–Trinajstić information content (AvgIpc) is 3.47. The summed E-state index contributed by atoms with van der Waals surface area (Å²) in [6.45, 7) is 1.21. The van der Waals surface area contributed by atoms with Crippen LogP contribution in [0.5, 0.6) is 0 Å². The number of nitriles is 1. The molecule has 170 valence electrons. The van der Waals surface area contributed by atoms with E-state index < -0.39 is 5.82 Å². The van der Waals surface area contributed by atoms with E-state index in [1.807, 2.05) is 41.3 Å². The lowest BCUT2D eigenvalue weighted by Crippen LogP contribution is -2.31. The highest BCUT2D eigenvalue weighted by Crippen LogP contribution is 2.32. The summed E-state index contributed by atoms with van der Waals surface area (Å²) in [5.74, 6) is -0.0904. The summed E-state index contributed by atoms with van der Waals surface area (Å²) < 4.78 is 16.2. The molecule has 5 rings (SSSR count). The zero-order valence-corrected chi connectivity index (χ0v) is 19.2. The number of carbonyl (C=O) groups is 1. The smallest absolute Gasteiger partial charge is 0.253 e. The van der Waals surface area contributed by atoms with E-state index in [9.17, 15) is 9.18 Å². The van der Waals surface area contributed by atoms with Gasteiger partial charge in [-0.05, 0) is 43.0 Å². The van der Waals surface area contributed by atoms with Crippen LogP contribution in [0.1, 0.15) is 22.3 Å². The second kappa shape index (κ2) is 8.89. The molecule has 9 heteroatoms. The Morgan fingerprint density at radius 1 is 1.24 bits per heavy atom. The lowest BCUT2D eigenvalue weighted by Gasteiger charge is -2.16. The number of nitrogens with two attached hydrogens (primary N) is 1. The molecule has 3 heterocycles. The molecule has 1 amide bonds. The summed E-state index contributed by atoms with van der Waals surface area (Å²) in [5, 5.41) is 10.1. The van der Waals surface area contributed by atoms with Crippen LogP contribution in [0.2, 0.25) is 0 Å². The molecule has 0 bridgehead atoms. The summed E-state index contributed by atoms with van der Waals surface area (Å²) in [7, 11) is 0. The molecule has 1 aliphatic heterocycles. The number of hydrogen-bond acceptors (Lipinski definition) is 6. The highest BCUT2D eigenvalue weighted by Gasteiger charge is 2.25. The summed E-state index contributed by atoms with van der Waals surface area (Å²) in [5.41, 5.74) is 8.47. The fourth-order valence-corrected chi connectivity index (χ4v) is 4.82. The number of aromatic nitrogens is 3. The fraction of sp³-hybridized carbons (Fsp3) is 0.200. The van der Waals surface area contributed by atoms with Crippen LogP contribution in [0, 0.1) is 17.1 Å². The molecule has 7 nitrogen and oxygen atoms in total. The molecule has 2 aromatic carbocycles. The number of halogens is 1. The predicted octanol–water partition coefficient (Wildman–Crippen LogP) is 3.99. The first-order valence-electron chi connectivity index (χ1n) is 10.7. The third-order valence-corrected chi connectivity index (χ3v) is 6.77. The molecule has 1 unspecified atom stereocenters. The highest BCUT2D eigenvalue weighted by molar-refractivity contribution is 7.98. The van der Waals surface area contributed by atoms with E-state index in [2.05, 4.69) is 9.97 Å². The van der Waals surface area contributed by atoms with Crippen molar-refractivity contribution < 1.29 is 9.18 Å². The molecule has 0 radical (unpaired) electrons. The Labute approximate surface area is 200 Å². The lowest BCUT2D eigenvalue weighted by atomic mass is 10.1. The molecule has 1 aliphatic rings. The Balaban J connectivity index is 1.54. The minimum atomic E-state index is -0.448. The van der Waals surface area contributed by atoms with Crippen molar-refractivity contribution in [2.75, 3.05) is 19.3 Å². The molecule has 2 N–H and O–H groups in total. The van der Waals surface area contributed by atoms with E-state index in [1.165, 1.54) is 30.6 Å². The van der Waals surface area contributed by atoms with Gasteiger partial charge in [0.15, 0.2) is 0 Å². The number of likely N-dealkylation sites (tertiary alicyclic amines) is 1. The van der Waals surface area contributed by atoms with Crippen LogP contribution in [-0.4, -0.2) is 50.7 Å². The molecule has 1 fully saturated rings. The maximum Gasteiger partial charge on any atom is 0.253 e. The number of hydrogen-bond donors (Lipinski definition) is 1. The first-order chi connectivity index (χ1) is 16.5. The van der Waals surface area contributed by atoms with E-state index in [0.29, 0.717) is 35.7 Å². The number of fused-ring (bicyclic) bond motifs is 1. The van der Waals surface area contributed by atoms with Crippen molar-refractivity contribution in [2.45, 2.75) is 17.4 Å². The van der Waals surface area contributed by atoms with Gasteiger partial charge in [-0.2, -0.15) is 5.26 Å². The van der Waals surface area contributed by atoms with Crippen LogP contribution < -0.4 is 5.73 Å². The van der Waals surface area contributed by atoms with Gasteiger partial charge in [-0.25, -0.2) is 14.4 Å². The van der Waals surface area contributed by atoms with E-state index in [-0.39, 0.29) is 17.5 Å². The minimum Gasteiger partial charge on any atom is -0.337 e. The number of benzene rings is 2. The van der Waals surface area contributed by atoms with Crippen molar-refractivity contribution in [3.8, 4) is 23.1 Å². The third-order valence-electron chi connectivity index (χ3n) is 6.01. The van der Waals surface area contributed by atoms with Crippen LogP contribution in [-0.2, 0) is 0 Å². The van der Waals surface area contributed by atoms with E-state index in [1.54, 1.807) is 16.7 Å². The van der Waals surface area contributed by atoms with E-state index >= 15 is 0 Å².